The topological polar surface area (TPSA) is 66.9 Å². The minimum absolute atomic E-state index is 0.0850. The van der Waals surface area contributed by atoms with E-state index in [0.717, 1.165) is 17.4 Å². The molecule has 4 rings (SSSR count). The highest BCUT2D eigenvalue weighted by Crippen LogP contribution is 2.28. The van der Waals surface area contributed by atoms with Crippen LogP contribution in [0.15, 0.2) is 103 Å². The Morgan fingerprint density at radius 3 is 1.87 bits per heavy atom. The van der Waals surface area contributed by atoms with Crippen molar-refractivity contribution in [1.82, 2.24) is 4.90 Å². The smallest absolute Gasteiger partial charge is 0.254 e. The van der Waals surface area contributed by atoms with E-state index in [1.54, 1.807) is 23.1 Å². The van der Waals surface area contributed by atoms with Crippen LogP contribution in [0.25, 0.3) is 0 Å². The SMILES string of the molecule is CCOc1ccc(C(=O)N(Cc2ccccc2)Cc2ccccc2)cc1CN(c1ccc(F)cc1)S(C)(=O)=O. The Balaban J connectivity index is 1.70. The molecule has 4 aromatic rings. The molecule has 0 saturated heterocycles. The minimum Gasteiger partial charge on any atom is -0.494 e. The van der Waals surface area contributed by atoms with Gasteiger partial charge in [0.2, 0.25) is 10.0 Å². The second kappa shape index (κ2) is 12.6. The molecule has 0 aliphatic carbocycles. The highest BCUT2D eigenvalue weighted by Gasteiger charge is 2.23. The maximum Gasteiger partial charge on any atom is 0.254 e. The van der Waals surface area contributed by atoms with Crippen molar-refractivity contribution in [2.45, 2.75) is 26.6 Å². The maximum absolute atomic E-state index is 13.9. The molecule has 0 bridgehead atoms. The number of hydrogen-bond acceptors (Lipinski definition) is 4. The first-order valence-electron chi connectivity index (χ1n) is 12.6. The van der Waals surface area contributed by atoms with Crippen molar-refractivity contribution in [3.05, 3.63) is 131 Å². The summed E-state index contributed by atoms with van der Waals surface area (Å²) in [6, 6.07) is 29.8. The van der Waals surface area contributed by atoms with E-state index in [1.165, 1.54) is 28.6 Å². The summed E-state index contributed by atoms with van der Waals surface area (Å²) in [6.07, 6.45) is 1.09. The highest BCUT2D eigenvalue weighted by molar-refractivity contribution is 7.92. The normalized spacial score (nSPS) is 11.2. The molecule has 1 amide bonds. The fourth-order valence-corrected chi connectivity index (χ4v) is 5.16. The summed E-state index contributed by atoms with van der Waals surface area (Å²) in [5, 5.41) is 0. The number of carbonyl (C=O) groups is 1. The van der Waals surface area contributed by atoms with Crippen LogP contribution in [0.3, 0.4) is 0 Å². The summed E-state index contributed by atoms with van der Waals surface area (Å²) in [7, 11) is -3.73. The average Bonchev–Trinajstić information content (AvgIpc) is 2.93. The van der Waals surface area contributed by atoms with E-state index in [-0.39, 0.29) is 12.5 Å². The van der Waals surface area contributed by atoms with Gasteiger partial charge in [-0.05, 0) is 60.5 Å². The third-order valence-electron chi connectivity index (χ3n) is 6.16. The van der Waals surface area contributed by atoms with Crippen LogP contribution in [0.4, 0.5) is 10.1 Å². The van der Waals surface area contributed by atoms with Crippen LogP contribution in [0.5, 0.6) is 5.75 Å². The van der Waals surface area contributed by atoms with Crippen molar-refractivity contribution in [2.75, 3.05) is 17.2 Å². The van der Waals surface area contributed by atoms with Gasteiger partial charge in [0.1, 0.15) is 11.6 Å². The van der Waals surface area contributed by atoms with E-state index < -0.39 is 15.8 Å². The van der Waals surface area contributed by atoms with Gasteiger partial charge in [-0.3, -0.25) is 9.10 Å². The maximum atomic E-state index is 13.9. The molecule has 4 aromatic carbocycles. The summed E-state index contributed by atoms with van der Waals surface area (Å²) in [4.78, 5) is 15.6. The Morgan fingerprint density at radius 2 is 1.36 bits per heavy atom. The van der Waals surface area contributed by atoms with Crippen LogP contribution >= 0.6 is 0 Å². The summed E-state index contributed by atoms with van der Waals surface area (Å²) < 4.78 is 46.0. The first-order chi connectivity index (χ1) is 18.7. The molecule has 0 aliphatic heterocycles. The van der Waals surface area contributed by atoms with Gasteiger partial charge in [0.15, 0.2) is 0 Å². The van der Waals surface area contributed by atoms with E-state index >= 15 is 0 Å². The molecule has 0 aromatic heterocycles. The van der Waals surface area contributed by atoms with Crippen LogP contribution in [0.2, 0.25) is 0 Å². The zero-order valence-corrected chi connectivity index (χ0v) is 22.8. The van der Waals surface area contributed by atoms with Crippen LogP contribution in [-0.2, 0) is 29.7 Å². The van der Waals surface area contributed by atoms with Crippen LogP contribution in [-0.4, -0.2) is 32.1 Å². The van der Waals surface area contributed by atoms with Gasteiger partial charge in [-0.25, -0.2) is 12.8 Å². The predicted octanol–water partition coefficient (Wildman–Crippen LogP) is 6.03. The summed E-state index contributed by atoms with van der Waals surface area (Å²) >= 11 is 0. The van der Waals surface area contributed by atoms with E-state index in [0.29, 0.717) is 42.3 Å². The first kappa shape index (κ1) is 27.9. The molecule has 0 atom stereocenters. The number of hydrogen-bond donors (Lipinski definition) is 0. The molecule has 0 fully saturated rings. The summed E-state index contributed by atoms with van der Waals surface area (Å²) in [6.45, 7) is 2.92. The third-order valence-corrected chi connectivity index (χ3v) is 7.30. The molecule has 0 N–H and O–H groups in total. The molecule has 0 aliphatic rings. The average molecular weight is 547 g/mol. The van der Waals surface area contributed by atoms with Gasteiger partial charge >= 0.3 is 0 Å². The predicted molar refractivity (Wildman–Crippen MR) is 151 cm³/mol. The van der Waals surface area contributed by atoms with Gasteiger partial charge in [0.05, 0.1) is 25.1 Å². The molecular formula is C31H31FN2O4S. The second-order valence-electron chi connectivity index (χ2n) is 9.13. The standard InChI is InChI=1S/C31H31FN2O4S/c1-3-38-30-19-14-26(20-27(30)23-34(39(2,36)37)29-17-15-28(32)16-18-29)31(35)33(21-24-10-6-4-7-11-24)22-25-12-8-5-9-13-25/h4-20H,3,21-23H2,1-2H3. The number of anilines is 1. The lowest BCUT2D eigenvalue weighted by atomic mass is 10.1. The van der Waals surface area contributed by atoms with Crippen LogP contribution in [0.1, 0.15) is 34.0 Å². The lowest BCUT2D eigenvalue weighted by Gasteiger charge is -2.26. The first-order valence-corrected chi connectivity index (χ1v) is 14.5. The number of halogens is 1. The number of sulfonamides is 1. The number of carbonyl (C=O) groups excluding carboxylic acids is 1. The van der Waals surface area contributed by atoms with E-state index in [1.807, 2.05) is 67.6 Å². The van der Waals surface area contributed by atoms with Gasteiger partial charge in [-0.2, -0.15) is 0 Å². The molecule has 39 heavy (non-hydrogen) atoms. The molecule has 0 saturated carbocycles. The van der Waals surface area contributed by atoms with E-state index in [2.05, 4.69) is 0 Å². The van der Waals surface area contributed by atoms with E-state index in [9.17, 15) is 17.6 Å². The zero-order valence-electron chi connectivity index (χ0n) is 22.0. The minimum atomic E-state index is -3.73. The molecular weight excluding hydrogens is 515 g/mol. The lowest BCUT2D eigenvalue weighted by molar-refractivity contribution is 0.0730. The Labute approximate surface area is 229 Å². The number of nitrogens with zero attached hydrogens (tertiary/aromatic N) is 2. The van der Waals surface area contributed by atoms with Crippen molar-refractivity contribution in [1.29, 1.82) is 0 Å². The zero-order chi connectivity index (χ0) is 27.8. The van der Waals surface area contributed by atoms with Gasteiger partial charge in [0, 0.05) is 24.2 Å². The van der Waals surface area contributed by atoms with Gasteiger partial charge in [-0.1, -0.05) is 60.7 Å². The molecule has 202 valence electrons. The molecule has 0 radical (unpaired) electrons. The number of ether oxygens (including phenoxy) is 1. The molecule has 8 heteroatoms. The second-order valence-corrected chi connectivity index (χ2v) is 11.0. The Bertz CT molecular complexity index is 1450. The Kier molecular flexibility index (Phi) is 8.99. The third kappa shape index (κ3) is 7.45. The Hall–Kier alpha value is -4.17. The molecule has 0 unspecified atom stereocenters. The van der Waals surface area contributed by atoms with Crippen molar-refractivity contribution in [3.63, 3.8) is 0 Å². The highest BCUT2D eigenvalue weighted by atomic mass is 32.2. The summed E-state index contributed by atoms with van der Waals surface area (Å²) in [5.74, 6) is -0.186. The van der Waals surface area contributed by atoms with Gasteiger partial charge in [0.25, 0.3) is 5.91 Å². The van der Waals surface area contributed by atoms with E-state index in [4.69, 9.17) is 4.74 Å². The lowest BCUT2D eigenvalue weighted by Crippen LogP contribution is -2.31. The number of amides is 1. The largest absolute Gasteiger partial charge is 0.494 e. The molecule has 0 heterocycles. The van der Waals surface area contributed by atoms with Crippen molar-refractivity contribution in [3.8, 4) is 5.75 Å². The van der Waals surface area contributed by atoms with Gasteiger partial charge < -0.3 is 9.64 Å². The Morgan fingerprint density at radius 1 is 0.795 bits per heavy atom. The van der Waals surface area contributed by atoms with Crippen molar-refractivity contribution >= 4 is 21.6 Å². The summed E-state index contributed by atoms with van der Waals surface area (Å²) in [5.41, 5.74) is 3.23. The number of benzene rings is 4. The van der Waals surface area contributed by atoms with Gasteiger partial charge in [-0.15, -0.1) is 0 Å². The molecule has 6 nitrogen and oxygen atoms in total. The molecule has 0 spiro atoms. The van der Waals surface area contributed by atoms with Crippen LogP contribution < -0.4 is 9.04 Å². The number of rotatable bonds is 11. The van der Waals surface area contributed by atoms with Crippen molar-refractivity contribution < 1.29 is 22.3 Å². The monoisotopic (exact) mass is 546 g/mol. The van der Waals surface area contributed by atoms with Crippen molar-refractivity contribution in [2.24, 2.45) is 0 Å². The quantitative estimate of drug-likeness (QED) is 0.230. The fourth-order valence-electron chi connectivity index (χ4n) is 4.28. The van der Waals surface area contributed by atoms with Crippen LogP contribution in [0, 0.1) is 5.82 Å². The fraction of sp³-hybridized carbons (Fsp3) is 0.194.